The SMILES string of the molecule is CSCCCNc1cc(C)nc(-c2cccnc2)n1. The second-order valence-corrected chi connectivity index (χ2v) is 5.22. The number of thioether (sulfide) groups is 1. The van der Waals surface area contributed by atoms with E-state index in [4.69, 9.17) is 0 Å². The van der Waals surface area contributed by atoms with Crippen LogP contribution in [0, 0.1) is 6.92 Å². The average Bonchev–Trinajstić information content (AvgIpc) is 2.44. The van der Waals surface area contributed by atoms with E-state index in [0.29, 0.717) is 0 Å². The van der Waals surface area contributed by atoms with Crippen molar-refractivity contribution in [1.29, 1.82) is 0 Å². The Morgan fingerprint density at radius 3 is 2.95 bits per heavy atom. The van der Waals surface area contributed by atoms with E-state index in [1.165, 1.54) is 0 Å². The number of anilines is 1. The van der Waals surface area contributed by atoms with E-state index in [9.17, 15) is 0 Å². The highest BCUT2D eigenvalue weighted by molar-refractivity contribution is 7.98. The lowest BCUT2D eigenvalue weighted by atomic mass is 10.2. The van der Waals surface area contributed by atoms with Gasteiger partial charge in [-0.2, -0.15) is 11.8 Å². The minimum Gasteiger partial charge on any atom is -0.370 e. The third-order valence-corrected chi connectivity index (χ3v) is 3.30. The van der Waals surface area contributed by atoms with Gasteiger partial charge in [0.15, 0.2) is 5.82 Å². The molecule has 4 nitrogen and oxygen atoms in total. The van der Waals surface area contributed by atoms with E-state index in [1.807, 2.05) is 36.9 Å². The number of nitrogens with zero attached hydrogens (tertiary/aromatic N) is 3. The molecule has 0 aliphatic rings. The highest BCUT2D eigenvalue weighted by Gasteiger charge is 2.04. The van der Waals surface area contributed by atoms with E-state index in [2.05, 4.69) is 26.5 Å². The molecule has 100 valence electrons. The molecule has 2 heterocycles. The molecule has 0 fully saturated rings. The first-order valence-electron chi connectivity index (χ1n) is 6.28. The second-order valence-electron chi connectivity index (χ2n) is 4.23. The summed E-state index contributed by atoms with van der Waals surface area (Å²) in [6, 6.07) is 5.84. The minimum atomic E-state index is 0.723. The van der Waals surface area contributed by atoms with Gasteiger partial charge in [0.2, 0.25) is 0 Å². The predicted octanol–water partition coefficient (Wildman–Crippen LogP) is 3.01. The first-order chi connectivity index (χ1) is 9.29. The zero-order valence-electron chi connectivity index (χ0n) is 11.3. The van der Waals surface area contributed by atoms with Gasteiger partial charge in [-0.1, -0.05) is 0 Å². The Kier molecular flexibility index (Phi) is 5.15. The second kappa shape index (κ2) is 7.09. The number of rotatable bonds is 6. The molecule has 0 bridgehead atoms. The smallest absolute Gasteiger partial charge is 0.163 e. The summed E-state index contributed by atoms with van der Waals surface area (Å²) >= 11 is 1.86. The molecule has 0 saturated carbocycles. The molecule has 0 aliphatic heterocycles. The zero-order chi connectivity index (χ0) is 13.5. The van der Waals surface area contributed by atoms with Crippen molar-refractivity contribution in [3.8, 4) is 11.4 Å². The molecule has 0 saturated heterocycles. The molecule has 0 aromatic carbocycles. The fraction of sp³-hybridized carbons (Fsp3) is 0.357. The molecule has 0 radical (unpaired) electrons. The first kappa shape index (κ1) is 13.8. The minimum absolute atomic E-state index is 0.723. The van der Waals surface area contributed by atoms with E-state index in [1.54, 1.807) is 12.4 Å². The standard InChI is InChI=1S/C14H18N4S/c1-11-9-13(16-7-4-8-19-2)18-14(17-11)12-5-3-6-15-10-12/h3,5-6,9-10H,4,7-8H2,1-2H3,(H,16,17,18). The maximum Gasteiger partial charge on any atom is 0.163 e. The summed E-state index contributed by atoms with van der Waals surface area (Å²) in [6.45, 7) is 2.92. The molecule has 1 N–H and O–H groups in total. The summed E-state index contributed by atoms with van der Waals surface area (Å²) in [4.78, 5) is 13.1. The Morgan fingerprint density at radius 2 is 2.21 bits per heavy atom. The van der Waals surface area contributed by atoms with E-state index >= 15 is 0 Å². The number of nitrogens with one attached hydrogen (secondary N) is 1. The van der Waals surface area contributed by atoms with Crippen molar-refractivity contribution < 1.29 is 0 Å². The van der Waals surface area contributed by atoms with Crippen LogP contribution in [-0.2, 0) is 0 Å². The topological polar surface area (TPSA) is 50.7 Å². The number of aromatic nitrogens is 3. The fourth-order valence-electron chi connectivity index (χ4n) is 1.72. The van der Waals surface area contributed by atoms with Crippen molar-refractivity contribution in [3.05, 3.63) is 36.3 Å². The highest BCUT2D eigenvalue weighted by Crippen LogP contribution is 2.16. The van der Waals surface area contributed by atoms with E-state index < -0.39 is 0 Å². The van der Waals surface area contributed by atoms with Crippen LogP contribution in [0.3, 0.4) is 0 Å². The molecule has 0 aliphatic carbocycles. The van der Waals surface area contributed by atoms with Crippen LogP contribution in [0.4, 0.5) is 5.82 Å². The van der Waals surface area contributed by atoms with Crippen LogP contribution in [0.15, 0.2) is 30.6 Å². The molecular weight excluding hydrogens is 256 g/mol. The van der Waals surface area contributed by atoms with Crippen LogP contribution in [-0.4, -0.2) is 33.5 Å². The molecule has 0 spiro atoms. The van der Waals surface area contributed by atoms with Gasteiger partial charge in [0.1, 0.15) is 5.82 Å². The van der Waals surface area contributed by atoms with Gasteiger partial charge < -0.3 is 5.32 Å². The summed E-state index contributed by atoms with van der Waals surface area (Å²) in [7, 11) is 0. The van der Waals surface area contributed by atoms with Gasteiger partial charge in [0, 0.05) is 36.3 Å². The molecule has 19 heavy (non-hydrogen) atoms. The molecule has 2 rings (SSSR count). The predicted molar refractivity (Wildman–Crippen MR) is 81.5 cm³/mol. The number of hydrogen-bond acceptors (Lipinski definition) is 5. The number of hydrogen-bond donors (Lipinski definition) is 1. The van der Waals surface area contributed by atoms with Crippen molar-refractivity contribution in [2.75, 3.05) is 23.9 Å². The maximum atomic E-state index is 4.53. The van der Waals surface area contributed by atoms with Gasteiger partial charge in [0.25, 0.3) is 0 Å². The molecule has 2 aromatic heterocycles. The Balaban J connectivity index is 2.11. The van der Waals surface area contributed by atoms with E-state index in [0.717, 1.165) is 41.6 Å². The van der Waals surface area contributed by atoms with Crippen molar-refractivity contribution in [2.24, 2.45) is 0 Å². The maximum absolute atomic E-state index is 4.53. The fourth-order valence-corrected chi connectivity index (χ4v) is 2.15. The molecule has 0 unspecified atom stereocenters. The molecule has 2 aromatic rings. The summed E-state index contributed by atoms with van der Waals surface area (Å²) < 4.78 is 0. The lowest BCUT2D eigenvalue weighted by molar-refractivity contribution is 0.973. The van der Waals surface area contributed by atoms with Crippen molar-refractivity contribution >= 4 is 17.6 Å². The third-order valence-electron chi connectivity index (χ3n) is 2.61. The van der Waals surface area contributed by atoms with Gasteiger partial charge in [-0.15, -0.1) is 0 Å². The highest BCUT2D eigenvalue weighted by atomic mass is 32.2. The normalized spacial score (nSPS) is 10.4. The molecular formula is C14H18N4S. The van der Waals surface area contributed by atoms with Gasteiger partial charge in [-0.05, 0) is 37.5 Å². The van der Waals surface area contributed by atoms with Gasteiger partial charge in [-0.3, -0.25) is 4.98 Å². The van der Waals surface area contributed by atoms with Crippen LogP contribution in [0.5, 0.6) is 0 Å². The molecule has 0 atom stereocenters. The zero-order valence-corrected chi connectivity index (χ0v) is 12.1. The van der Waals surface area contributed by atoms with Crippen LogP contribution >= 0.6 is 11.8 Å². The number of pyridine rings is 1. The van der Waals surface area contributed by atoms with Gasteiger partial charge in [-0.25, -0.2) is 9.97 Å². The van der Waals surface area contributed by atoms with Crippen molar-refractivity contribution in [3.63, 3.8) is 0 Å². The Bertz CT molecular complexity index is 516. The largest absolute Gasteiger partial charge is 0.370 e. The lowest BCUT2D eigenvalue weighted by Crippen LogP contribution is -2.06. The van der Waals surface area contributed by atoms with Gasteiger partial charge >= 0.3 is 0 Å². The van der Waals surface area contributed by atoms with E-state index in [-0.39, 0.29) is 0 Å². The third kappa shape index (κ3) is 4.21. The molecule has 5 heteroatoms. The van der Waals surface area contributed by atoms with Crippen LogP contribution in [0.2, 0.25) is 0 Å². The average molecular weight is 274 g/mol. The summed E-state index contributed by atoms with van der Waals surface area (Å²) in [5, 5.41) is 3.35. The quantitative estimate of drug-likeness (QED) is 0.821. The van der Waals surface area contributed by atoms with Crippen molar-refractivity contribution in [1.82, 2.24) is 15.0 Å². The summed E-state index contributed by atoms with van der Waals surface area (Å²) in [5.74, 6) is 2.76. The summed E-state index contributed by atoms with van der Waals surface area (Å²) in [5.41, 5.74) is 1.90. The lowest BCUT2D eigenvalue weighted by Gasteiger charge is -2.08. The first-order valence-corrected chi connectivity index (χ1v) is 7.68. The van der Waals surface area contributed by atoms with Crippen LogP contribution in [0.25, 0.3) is 11.4 Å². The van der Waals surface area contributed by atoms with Crippen molar-refractivity contribution in [2.45, 2.75) is 13.3 Å². The summed E-state index contributed by atoms with van der Waals surface area (Å²) in [6.07, 6.45) is 6.79. The number of aryl methyl sites for hydroxylation is 1. The van der Waals surface area contributed by atoms with Crippen LogP contribution in [0.1, 0.15) is 12.1 Å². The Morgan fingerprint density at radius 1 is 1.32 bits per heavy atom. The van der Waals surface area contributed by atoms with Gasteiger partial charge in [0.05, 0.1) is 0 Å². The Labute approximate surface area is 118 Å². The van der Waals surface area contributed by atoms with Crippen LogP contribution < -0.4 is 5.32 Å². The molecule has 0 amide bonds. The monoisotopic (exact) mass is 274 g/mol. The Hall–Kier alpha value is -1.62.